The molecule has 1 atom stereocenters. The molecule has 0 saturated heterocycles. The average molecular weight is 284 g/mol. The lowest BCUT2D eigenvalue weighted by molar-refractivity contribution is 0.0232. The fourth-order valence-corrected chi connectivity index (χ4v) is 2.62. The van der Waals surface area contributed by atoms with E-state index < -0.39 is 0 Å². The van der Waals surface area contributed by atoms with Crippen LogP contribution in [0.2, 0.25) is 5.02 Å². The number of carbonyl (C=O) groups excluding carboxylic acids is 1. The second-order valence-corrected chi connectivity index (χ2v) is 5.47. The molecule has 1 amide bonds. The molecule has 3 N–H and O–H groups in total. The van der Waals surface area contributed by atoms with Crippen molar-refractivity contribution in [3.63, 3.8) is 0 Å². The summed E-state index contributed by atoms with van der Waals surface area (Å²) in [5.74, 6) is -0.103. The number of aromatic hydroxyl groups is 1. The minimum atomic E-state index is -0.303. The fraction of sp³-hybridized carbons (Fsp3) is 0.500. The van der Waals surface area contributed by atoms with E-state index in [2.05, 4.69) is 5.32 Å². The third-order valence-corrected chi connectivity index (χ3v) is 3.91. The van der Waals surface area contributed by atoms with Crippen LogP contribution < -0.4 is 5.32 Å². The van der Waals surface area contributed by atoms with E-state index in [-0.39, 0.29) is 29.4 Å². The molecule has 1 aromatic rings. The van der Waals surface area contributed by atoms with Gasteiger partial charge in [0, 0.05) is 11.1 Å². The Hall–Kier alpha value is -1.26. The molecule has 2 rings (SSSR count). The van der Waals surface area contributed by atoms with Gasteiger partial charge in [0.2, 0.25) is 0 Å². The van der Waals surface area contributed by atoms with E-state index in [1.165, 1.54) is 12.1 Å². The Morgan fingerprint density at radius 3 is 2.74 bits per heavy atom. The fourth-order valence-electron chi connectivity index (χ4n) is 2.45. The van der Waals surface area contributed by atoms with Crippen molar-refractivity contribution in [2.75, 3.05) is 0 Å². The largest absolute Gasteiger partial charge is 0.507 e. The van der Waals surface area contributed by atoms with Crippen LogP contribution in [-0.2, 0) is 0 Å². The molecule has 1 aliphatic carbocycles. The van der Waals surface area contributed by atoms with E-state index in [1.807, 2.05) is 6.92 Å². The lowest BCUT2D eigenvalue weighted by Gasteiger charge is -2.37. The predicted molar refractivity (Wildman–Crippen MR) is 73.4 cm³/mol. The number of phenolic OH excluding ortho intramolecular Hbond substituents is 1. The summed E-state index contributed by atoms with van der Waals surface area (Å²) in [6, 6.07) is 4.47. The maximum absolute atomic E-state index is 12.1. The van der Waals surface area contributed by atoms with Crippen LogP contribution >= 0.6 is 11.6 Å². The van der Waals surface area contributed by atoms with Crippen molar-refractivity contribution in [1.82, 2.24) is 5.32 Å². The summed E-state index contributed by atoms with van der Waals surface area (Å²) in [6.07, 6.45) is 2.02. The van der Waals surface area contributed by atoms with Crippen molar-refractivity contribution in [2.24, 2.45) is 5.92 Å². The number of carbonyl (C=O) groups is 1. The third-order valence-electron chi connectivity index (χ3n) is 3.68. The Balaban J connectivity index is 2.03. The number of halogens is 1. The van der Waals surface area contributed by atoms with E-state index in [4.69, 9.17) is 11.6 Å². The third kappa shape index (κ3) is 3.19. The Labute approximate surface area is 117 Å². The van der Waals surface area contributed by atoms with Crippen molar-refractivity contribution in [1.29, 1.82) is 0 Å². The van der Waals surface area contributed by atoms with Crippen molar-refractivity contribution in [2.45, 2.75) is 38.3 Å². The van der Waals surface area contributed by atoms with E-state index in [9.17, 15) is 15.0 Å². The normalized spacial score (nSPS) is 23.5. The summed E-state index contributed by atoms with van der Waals surface area (Å²) in [5, 5.41) is 22.3. The summed E-state index contributed by atoms with van der Waals surface area (Å²) in [6.45, 7) is 2.00. The first-order valence-corrected chi connectivity index (χ1v) is 6.86. The number of nitrogens with one attached hydrogen (secondary N) is 1. The van der Waals surface area contributed by atoms with Crippen LogP contribution in [0, 0.1) is 5.92 Å². The minimum Gasteiger partial charge on any atom is -0.507 e. The first kappa shape index (κ1) is 14.2. The molecule has 0 unspecified atom stereocenters. The van der Waals surface area contributed by atoms with Gasteiger partial charge < -0.3 is 15.5 Å². The van der Waals surface area contributed by atoms with Gasteiger partial charge in [-0.05, 0) is 43.4 Å². The van der Waals surface area contributed by atoms with Gasteiger partial charge in [0.1, 0.15) is 5.75 Å². The summed E-state index contributed by atoms with van der Waals surface area (Å²) in [5.41, 5.74) is 0.225. The lowest BCUT2D eigenvalue weighted by Crippen LogP contribution is -2.46. The standard InChI is InChI=1S/C14H18ClNO3/c1-2-12(8-5-10(17)6-8)16-14(19)11-4-3-9(15)7-13(11)18/h3-4,7-8,10,12,17-18H,2,5-6H2,1H3,(H,16,19)/t8?,10?,12-/m1/s1. The molecule has 0 radical (unpaired) electrons. The SMILES string of the molecule is CC[C@@H](NC(=O)c1ccc(Cl)cc1O)C1CC(O)C1. The van der Waals surface area contributed by atoms with Crippen LogP contribution in [0.1, 0.15) is 36.5 Å². The molecule has 4 nitrogen and oxygen atoms in total. The number of phenols is 1. The van der Waals surface area contributed by atoms with Gasteiger partial charge in [0.15, 0.2) is 0 Å². The molecule has 0 aromatic heterocycles. The van der Waals surface area contributed by atoms with Crippen LogP contribution in [-0.4, -0.2) is 28.3 Å². The Morgan fingerprint density at radius 1 is 1.53 bits per heavy atom. The molecule has 1 aromatic carbocycles. The molecule has 0 heterocycles. The maximum atomic E-state index is 12.1. The highest BCUT2D eigenvalue weighted by molar-refractivity contribution is 6.30. The van der Waals surface area contributed by atoms with Crippen LogP contribution in [0.5, 0.6) is 5.75 Å². The molecule has 1 fully saturated rings. The molecule has 0 spiro atoms. The van der Waals surface area contributed by atoms with Gasteiger partial charge in [-0.3, -0.25) is 4.79 Å². The van der Waals surface area contributed by atoms with Gasteiger partial charge in [-0.25, -0.2) is 0 Å². The van der Waals surface area contributed by atoms with Crippen molar-refractivity contribution >= 4 is 17.5 Å². The quantitative estimate of drug-likeness (QED) is 0.794. The van der Waals surface area contributed by atoms with E-state index >= 15 is 0 Å². The smallest absolute Gasteiger partial charge is 0.255 e. The molecular formula is C14H18ClNO3. The molecule has 0 bridgehead atoms. The topological polar surface area (TPSA) is 69.6 Å². The number of aliphatic hydroxyl groups excluding tert-OH is 1. The van der Waals surface area contributed by atoms with Gasteiger partial charge in [-0.2, -0.15) is 0 Å². The highest BCUT2D eigenvalue weighted by Gasteiger charge is 2.34. The van der Waals surface area contributed by atoms with Crippen LogP contribution in [0.25, 0.3) is 0 Å². The molecule has 1 aliphatic rings. The van der Waals surface area contributed by atoms with Crippen molar-refractivity contribution in [3.05, 3.63) is 28.8 Å². The molecule has 1 saturated carbocycles. The highest BCUT2D eigenvalue weighted by atomic mass is 35.5. The van der Waals surface area contributed by atoms with Crippen LogP contribution in [0.3, 0.4) is 0 Å². The lowest BCUT2D eigenvalue weighted by atomic mass is 9.76. The summed E-state index contributed by atoms with van der Waals surface area (Å²) >= 11 is 5.73. The first-order chi connectivity index (χ1) is 9.01. The summed E-state index contributed by atoms with van der Waals surface area (Å²) in [4.78, 5) is 12.1. The molecule has 5 heteroatoms. The predicted octanol–water partition coefficient (Wildman–Crippen LogP) is 2.32. The number of rotatable bonds is 4. The van der Waals surface area contributed by atoms with Gasteiger partial charge >= 0.3 is 0 Å². The van der Waals surface area contributed by atoms with Crippen molar-refractivity contribution < 1.29 is 15.0 Å². The Morgan fingerprint density at radius 2 is 2.21 bits per heavy atom. The van der Waals surface area contributed by atoms with Gasteiger partial charge in [-0.15, -0.1) is 0 Å². The zero-order chi connectivity index (χ0) is 14.0. The number of hydrogen-bond acceptors (Lipinski definition) is 3. The van der Waals surface area contributed by atoms with Crippen LogP contribution in [0.4, 0.5) is 0 Å². The zero-order valence-electron chi connectivity index (χ0n) is 10.8. The Kier molecular flexibility index (Phi) is 4.32. The zero-order valence-corrected chi connectivity index (χ0v) is 11.5. The number of hydrogen-bond donors (Lipinski definition) is 3. The number of aliphatic hydroxyl groups is 1. The first-order valence-electron chi connectivity index (χ1n) is 6.48. The molecule has 19 heavy (non-hydrogen) atoms. The minimum absolute atomic E-state index is 0.0333. The van der Waals surface area contributed by atoms with E-state index in [1.54, 1.807) is 6.07 Å². The summed E-state index contributed by atoms with van der Waals surface area (Å²) < 4.78 is 0. The van der Waals surface area contributed by atoms with Gasteiger partial charge in [0.05, 0.1) is 11.7 Å². The molecule has 0 aliphatic heterocycles. The number of amides is 1. The second-order valence-electron chi connectivity index (χ2n) is 5.03. The average Bonchev–Trinajstić information content (AvgIpc) is 2.32. The monoisotopic (exact) mass is 283 g/mol. The van der Waals surface area contributed by atoms with Gasteiger partial charge in [-0.1, -0.05) is 18.5 Å². The van der Waals surface area contributed by atoms with E-state index in [0.29, 0.717) is 10.9 Å². The maximum Gasteiger partial charge on any atom is 0.255 e. The highest BCUT2D eigenvalue weighted by Crippen LogP contribution is 2.32. The number of benzene rings is 1. The second kappa shape index (κ2) is 5.80. The van der Waals surface area contributed by atoms with Crippen molar-refractivity contribution in [3.8, 4) is 5.75 Å². The molecule has 104 valence electrons. The van der Waals surface area contributed by atoms with E-state index in [0.717, 1.165) is 19.3 Å². The van der Waals surface area contributed by atoms with Crippen LogP contribution in [0.15, 0.2) is 18.2 Å². The Bertz CT molecular complexity index is 472. The van der Waals surface area contributed by atoms with Gasteiger partial charge in [0.25, 0.3) is 5.91 Å². The molecular weight excluding hydrogens is 266 g/mol. The summed E-state index contributed by atoms with van der Waals surface area (Å²) in [7, 11) is 0.